The Morgan fingerprint density at radius 3 is 2.46 bits per heavy atom. The van der Waals surface area contributed by atoms with E-state index in [4.69, 9.17) is 25.8 Å². The number of hydrogen-bond acceptors (Lipinski definition) is 7. The van der Waals surface area contributed by atoms with Crippen LogP contribution in [0.5, 0.6) is 11.5 Å². The largest absolute Gasteiger partial charge is 0.496 e. The fourth-order valence-corrected chi connectivity index (χ4v) is 6.47. The molecule has 1 N–H and O–H groups in total. The summed E-state index contributed by atoms with van der Waals surface area (Å²) in [5.74, 6) is -0.163. The molecule has 9 heteroatoms. The van der Waals surface area contributed by atoms with Crippen LogP contribution in [-0.4, -0.2) is 24.6 Å². The number of anilines is 1. The molecule has 41 heavy (non-hydrogen) atoms. The standard InChI is InChI=1S/C32H27BrClNO5S/c1-18-16-32(2,3)35-25-12-11-20(23(29(18)25)17-39-31(37)27-13-14-28(33)41-27)21-10-9-19(15-26(21)38-4)40-30(36)22-7-5-6-8-24(22)34/h5-16,35H,17H2,1-4H3. The molecule has 0 aliphatic carbocycles. The lowest BCUT2D eigenvalue weighted by atomic mass is 9.85. The van der Waals surface area contributed by atoms with E-state index < -0.39 is 11.9 Å². The van der Waals surface area contributed by atoms with Crippen molar-refractivity contribution in [2.24, 2.45) is 0 Å². The highest BCUT2D eigenvalue weighted by molar-refractivity contribution is 9.11. The molecule has 6 nitrogen and oxygen atoms in total. The van der Waals surface area contributed by atoms with Crippen LogP contribution >= 0.6 is 38.9 Å². The molecule has 4 aromatic rings. The van der Waals surface area contributed by atoms with Crippen molar-refractivity contribution in [1.29, 1.82) is 0 Å². The maximum atomic E-state index is 12.9. The lowest BCUT2D eigenvalue weighted by Crippen LogP contribution is -2.32. The Balaban J connectivity index is 1.53. The minimum absolute atomic E-state index is 0.0482. The summed E-state index contributed by atoms with van der Waals surface area (Å²) >= 11 is 10.9. The molecule has 3 aromatic carbocycles. The van der Waals surface area contributed by atoms with Crippen molar-refractivity contribution < 1.29 is 23.8 Å². The van der Waals surface area contributed by atoms with Crippen LogP contribution in [0.15, 0.2) is 76.6 Å². The topological polar surface area (TPSA) is 73.9 Å². The number of carbonyl (C=O) groups excluding carboxylic acids is 2. The Morgan fingerprint density at radius 1 is 1.00 bits per heavy atom. The van der Waals surface area contributed by atoms with Crippen LogP contribution in [0, 0.1) is 0 Å². The molecule has 0 fully saturated rings. The van der Waals surface area contributed by atoms with Crippen LogP contribution in [-0.2, 0) is 11.3 Å². The fourth-order valence-electron chi connectivity index (χ4n) is 4.98. The quantitative estimate of drug-likeness (QED) is 0.159. The highest BCUT2D eigenvalue weighted by Gasteiger charge is 2.27. The van der Waals surface area contributed by atoms with Crippen molar-refractivity contribution in [3.05, 3.63) is 103 Å². The lowest BCUT2D eigenvalue weighted by molar-refractivity contribution is 0.0478. The van der Waals surface area contributed by atoms with Crippen molar-refractivity contribution in [3.8, 4) is 22.6 Å². The van der Waals surface area contributed by atoms with Gasteiger partial charge in [0.2, 0.25) is 0 Å². The Morgan fingerprint density at radius 2 is 1.76 bits per heavy atom. The maximum absolute atomic E-state index is 12.9. The molecule has 0 atom stereocenters. The third kappa shape index (κ3) is 6.20. The van der Waals surface area contributed by atoms with Crippen LogP contribution in [0.2, 0.25) is 5.02 Å². The third-order valence-electron chi connectivity index (χ3n) is 6.63. The molecule has 210 valence electrons. The second-order valence-electron chi connectivity index (χ2n) is 10.1. The number of esters is 2. The Labute approximate surface area is 256 Å². The van der Waals surface area contributed by atoms with Gasteiger partial charge < -0.3 is 19.5 Å². The Kier molecular flexibility index (Phi) is 8.27. The van der Waals surface area contributed by atoms with E-state index in [2.05, 4.69) is 48.1 Å². The van der Waals surface area contributed by atoms with Crippen LogP contribution < -0.4 is 14.8 Å². The van der Waals surface area contributed by atoms with Gasteiger partial charge in [0.25, 0.3) is 0 Å². The van der Waals surface area contributed by atoms with Gasteiger partial charge in [0, 0.05) is 28.4 Å². The second-order valence-corrected chi connectivity index (χ2v) is 13.0. The Bertz CT molecular complexity index is 1690. The number of halogens is 2. The van der Waals surface area contributed by atoms with Gasteiger partial charge in [-0.2, -0.15) is 0 Å². The molecular formula is C32H27BrClNO5S. The smallest absolute Gasteiger partial charge is 0.348 e. The number of carbonyl (C=O) groups is 2. The van der Waals surface area contributed by atoms with E-state index >= 15 is 0 Å². The van der Waals surface area contributed by atoms with Gasteiger partial charge in [0.15, 0.2) is 0 Å². The minimum Gasteiger partial charge on any atom is -0.496 e. The molecular weight excluding hydrogens is 626 g/mol. The van der Waals surface area contributed by atoms with Crippen LogP contribution in [0.25, 0.3) is 16.7 Å². The summed E-state index contributed by atoms with van der Waals surface area (Å²) in [4.78, 5) is 26.2. The number of thiophene rings is 1. The number of hydrogen-bond donors (Lipinski definition) is 1. The van der Waals surface area contributed by atoms with Crippen LogP contribution in [0.4, 0.5) is 5.69 Å². The molecule has 0 spiro atoms. The van der Waals surface area contributed by atoms with Crippen LogP contribution in [0.1, 0.15) is 51.9 Å². The molecule has 1 aliphatic rings. The summed E-state index contributed by atoms with van der Waals surface area (Å²) in [5, 5.41) is 3.88. The first kappa shape index (κ1) is 28.9. The average Bonchev–Trinajstić information content (AvgIpc) is 3.37. The zero-order valence-electron chi connectivity index (χ0n) is 22.8. The van der Waals surface area contributed by atoms with E-state index in [1.807, 2.05) is 24.3 Å². The molecule has 0 saturated heterocycles. The summed E-state index contributed by atoms with van der Waals surface area (Å²) in [7, 11) is 1.56. The van der Waals surface area contributed by atoms with E-state index in [0.717, 1.165) is 37.3 Å². The van der Waals surface area contributed by atoms with E-state index in [9.17, 15) is 9.59 Å². The molecule has 0 bridgehead atoms. The summed E-state index contributed by atoms with van der Waals surface area (Å²) in [6, 6.07) is 19.5. The van der Waals surface area contributed by atoms with Gasteiger partial charge in [-0.3, -0.25) is 0 Å². The van der Waals surface area contributed by atoms with Crippen molar-refractivity contribution >= 4 is 62.1 Å². The van der Waals surface area contributed by atoms with E-state index in [1.165, 1.54) is 11.3 Å². The van der Waals surface area contributed by atoms with Crippen molar-refractivity contribution in [1.82, 2.24) is 0 Å². The van der Waals surface area contributed by atoms with E-state index in [-0.39, 0.29) is 17.7 Å². The van der Waals surface area contributed by atoms with E-state index in [1.54, 1.807) is 49.6 Å². The highest BCUT2D eigenvalue weighted by Crippen LogP contribution is 2.43. The van der Waals surface area contributed by atoms with Crippen LogP contribution in [0.3, 0.4) is 0 Å². The Hall–Kier alpha value is -3.59. The van der Waals surface area contributed by atoms with Gasteiger partial charge in [-0.15, -0.1) is 11.3 Å². The summed E-state index contributed by atoms with van der Waals surface area (Å²) in [6.45, 7) is 6.31. The summed E-state index contributed by atoms with van der Waals surface area (Å²) in [5.41, 5.74) is 5.45. The summed E-state index contributed by atoms with van der Waals surface area (Å²) in [6.07, 6.45) is 2.16. The lowest BCUT2D eigenvalue weighted by Gasteiger charge is -2.33. The normalized spacial score (nSPS) is 13.5. The first-order valence-corrected chi connectivity index (χ1v) is 14.8. The summed E-state index contributed by atoms with van der Waals surface area (Å²) < 4.78 is 18.1. The number of rotatable bonds is 7. The van der Waals surface area contributed by atoms with Gasteiger partial charge >= 0.3 is 11.9 Å². The highest BCUT2D eigenvalue weighted by atomic mass is 79.9. The monoisotopic (exact) mass is 651 g/mol. The fraction of sp³-hybridized carbons (Fsp3) is 0.188. The zero-order chi connectivity index (χ0) is 29.3. The van der Waals surface area contributed by atoms with Gasteiger partial charge in [-0.1, -0.05) is 35.9 Å². The third-order valence-corrected chi connectivity index (χ3v) is 8.56. The molecule has 0 radical (unpaired) electrons. The van der Waals surface area contributed by atoms with E-state index in [0.29, 0.717) is 21.4 Å². The van der Waals surface area contributed by atoms with Crippen molar-refractivity contribution in [2.75, 3.05) is 12.4 Å². The van der Waals surface area contributed by atoms with Crippen molar-refractivity contribution in [2.45, 2.75) is 32.9 Å². The molecule has 5 rings (SSSR count). The predicted molar refractivity (Wildman–Crippen MR) is 167 cm³/mol. The van der Waals surface area contributed by atoms with Gasteiger partial charge in [0.05, 0.1) is 27.0 Å². The number of nitrogens with one attached hydrogen (secondary N) is 1. The number of methoxy groups -OCH3 is 1. The molecule has 0 saturated carbocycles. The molecule has 2 heterocycles. The van der Waals surface area contributed by atoms with Gasteiger partial charge in [-0.05, 0) is 90.3 Å². The SMILES string of the molecule is COc1cc(OC(=O)c2ccccc2Cl)ccc1-c1ccc2c(c1COC(=O)c1ccc(Br)s1)C(C)=CC(C)(C)N2. The number of fused-ring (bicyclic) bond motifs is 1. The zero-order valence-corrected chi connectivity index (χ0v) is 26.0. The maximum Gasteiger partial charge on any atom is 0.348 e. The average molecular weight is 653 g/mol. The van der Waals surface area contributed by atoms with Gasteiger partial charge in [-0.25, -0.2) is 9.59 Å². The number of allylic oxidation sites excluding steroid dienone is 1. The molecule has 1 aromatic heterocycles. The second kappa shape index (κ2) is 11.7. The first-order chi connectivity index (χ1) is 19.6. The molecule has 1 aliphatic heterocycles. The number of benzene rings is 3. The van der Waals surface area contributed by atoms with Crippen molar-refractivity contribution in [3.63, 3.8) is 0 Å². The minimum atomic E-state index is -0.568. The molecule has 0 unspecified atom stereocenters. The molecule has 0 amide bonds. The predicted octanol–water partition coefficient (Wildman–Crippen LogP) is 9.02. The van der Waals surface area contributed by atoms with Gasteiger partial charge in [0.1, 0.15) is 23.0 Å². The number of ether oxygens (including phenoxy) is 3. The first-order valence-electron chi connectivity index (χ1n) is 12.8.